The summed E-state index contributed by atoms with van der Waals surface area (Å²) in [6.45, 7) is 0. The van der Waals surface area contributed by atoms with Crippen LogP contribution >= 0.6 is 22.9 Å². The van der Waals surface area contributed by atoms with Crippen LogP contribution in [0.1, 0.15) is 50.5 Å². The highest BCUT2D eigenvalue weighted by molar-refractivity contribution is 14.1. The molecule has 2 aliphatic carbocycles. The number of hydrogen-bond donors (Lipinski definition) is 1. The second-order valence-electron chi connectivity index (χ2n) is 7.42. The van der Waals surface area contributed by atoms with Crippen molar-refractivity contribution in [2.24, 2.45) is 0 Å². The molecule has 1 aromatic rings. The Bertz CT molecular complexity index is 693. The van der Waals surface area contributed by atoms with Gasteiger partial charge >= 0.3 is 0 Å². The second kappa shape index (κ2) is 7.23. The van der Waals surface area contributed by atoms with Gasteiger partial charge in [0, 0.05) is 28.9 Å². The van der Waals surface area contributed by atoms with Crippen LogP contribution in [-0.2, 0) is 10.2 Å². The Morgan fingerprint density at radius 1 is 1.20 bits per heavy atom. The molecular weight excluding hydrogens is 423 g/mol. The van der Waals surface area contributed by atoms with Gasteiger partial charge in [0.1, 0.15) is 6.17 Å². The number of nitrogens with one attached hydrogen (secondary N) is 1. The number of carbonyl (C=O) groups excluding carboxylic acids is 1. The summed E-state index contributed by atoms with van der Waals surface area (Å²) in [5.41, 5.74) is 2.40. The lowest BCUT2D eigenvalue weighted by Crippen LogP contribution is -2.51. The fourth-order valence-corrected chi connectivity index (χ4v) is 5.01. The minimum absolute atomic E-state index is 0.0177. The van der Waals surface area contributed by atoms with E-state index in [4.69, 9.17) is 0 Å². The Balaban J connectivity index is 1.47. The maximum atomic E-state index is 13.0. The third-order valence-corrected chi connectivity index (χ3v) is 7.06. The van der Waals surface area contributed by atoms with Crippen LogP contribution in [0.2, 0.25) is 0 Å². The average Bonchev–Trinajstić information content (AvgIpc) is 3.47. The molecule has 132 valence electrons. The van der Waals surface area contributed by atoms with Crippen molar-refractivity contribution < 1.29 is 4.79 Å². The largest absolute Gasteiger partial charge is 0.336 e. The molecule has 1 N–H and O–H groups in total. The first-order valence-corrected chi connectivity index (χ1v) is 10.3. The van der Waals surface area contributed by atoms with Crippen LogP contribution < -0.4 is 5.32 Å². The Morgan fingerprint density at radius 2 is 2.00 bits per heavy atom. The molecule has 0 radical (unpaired) electrons. The summed E-state index contributed by atoms with van der Waals surface area (Å²) in [5, 5.41) is 3.30. The molecule has 0 aromatic heterocycles. The van der Waals surface area contributed by atoms with Gasteiger partial charge in [0.15, 0.2) is 0 Å². The zero-order valence-electron chi connectivity index (χ0n) is 14.5. The highest BCUT2D eigenvalue weighted by atomic mass is 127. The summed E-state index contributed by atoms with van der Waals surface area (Å²) in [6.07, 6.45) is 14.8. The van der Waals surface area contributed by atoms with Crippen LogP contribution in [0.3, 0.4) is 0 Å². The third-order valence-electron chi connectivity index (χ3n) is 5.79. The lowest BCUT2D eigenvalue weighted by molar-refractivity contribution is -0.124. The van der Waals surface area contributed by atoms with Crippen molar-refractivity contribution in [2.75, 3.05) is 0 Å². The zero-order chi connectivity index (χ0) is 17.3. The van der Waals surface area contributed by atoms with Gasteiger partial charge in [-0.2, -0.15) is 0 Å². The lowest BCUT2D eigenvalue weighted by Gasteiger charge is -2.37. The van der Waals surface area contributed by atoms with Gasteiger partial charge in [-0.15, -0.1) is 0 Å². The smallest absolute Gasteiger partial charge is 0.232 e. The normalized spacial score (nSPS) is 28.3. The molecule has 3 aliphatic rings. The summed E-state index contributed by atoms with van der Waals surface area (Å²) in [5.74, 6) is 0.174. The van der Waals surface area contributed by atoms with Gasteiger partial charge in [-0.3, -0.25) is 4.79 Å². The van der Waals surface area contributed by atoms with Crippen molar-refractivity contribution >= 4 is 28.8 Å². The number of amides is 1. The third kappa shape index (κ3) is 3.43. The van der Waals surface area contributed by atoms with Gasteiger partial charge in [-0.25, -0.2) is 3.11 Å². The molecule has 2 unspecified atom stereocenters. The van der Waals surface area contributed by atoms with E-state index >= 15 is 0 Å². The van der Waals surface area contributed by atoms with E-state index < -0.39 is 0 Å². The van der Waals surface area contributed by atoms with Crippen molar-refractivity contribution in [3.05, 3.63) is 59.7 Å². The van der Waals surface area contributed by atoms with Crippen LogP contribution in [0.5, 0.6) is 0 Å². The van der Waals surface area contributed by atoms with Crippen LogP contribution in [0.15, 0.2) is 54.1 Å². The molecule has 1 fully saturated rings. The summed E-state index contributed by atoms with van der Waals surface area (Å²) < 4.78 is 2.31. The van der Waals surface area contributed by atoms with Crippen molar-refractivity contribution in [2.45, 2.75) is 62.6 Å². The molecule has 1 saturated carbocycles. The van der Waals surface area contributed by atoms with Gasteiger partial charge in [-0.05, 0) is 50.5 Å². The maximum absolute atomic E-state index is 13.0. The number of allylic oxidation sites excluding steroid dienone is 1. The molecule has 3 nitrogen and oxygen atoms in total. The van der Waals surface area contributed by atoms with Gasteiger partial charge in [-0.1, -0.05) is 54.1 Å². The molecule has 1 aromatic carbocycles. The molecule has 1 amide bonds. The standard InChI is InChI=1S/C21H25IN2O/c22-24-18(16-8-3-1-4-9-16)12-7-13-19(24)23-20(25)21(14-15-21)17-10-5-2-6-11-17/h2,5-8,10-11,13,18-19H,1,3-4,9,12,14-15H2,(H,23,25). The van der Waals surface area contributed by atoms with E-state index in [9.17, 15) is 4.79 Å². The van der Waals surface area contributed by atoms with Crippen molar-refractivity contribution in [1.29, 1.82) is 0 Å². The quantitative estimate of drug-likeness (QED) is 0.414. The number of carbonyl (C=O) groups is 1. The number of rotatable bonds is 4. The Hall–Kier alpha value is -1.14. The summed E-state index contributed by atoms with van der Waals surface area (Å²) >= 11 is 2.41. The highest BCUT2D eigenvalue weighted by Crippen LogP contribution is 2.48. The van der Waals surface area contributed by atoms with E-state index in [0.29, 0.717) is 6.04 Å². The van der Waals surface area contributed by atoms with Gasteiger partial charge in [0.2, 0.25) is 5.91 Å². The molecule has 0 spiro atoms. The van der Waals surface area contributed by atoms with Crippen LogP contribution in [0.25, 0.3) is 0 Å². The topological polar surface area (TPSA) is 32.3 Å². The van der Waals surface area contributed by atoms with Crippen molar-refractivity contribution in [1.82, 2.24) is 8.43 Å². The lowest BCUT2D eigenvalue weighted by atomic mass is 9.90. The molecule has 0 saturated heterocycles. The van der Waals surface area contributed by atoms with E-state index in [2.05, 4.69) is 61.7 Å². The summed E-state index contributed by atoms with van der Waals surface area (Å²) in [4.78, 5) is 13.0. The first-order valence-electron chi connectivity index (χ1n) is 9.37. The van der Waals surface area contributed by atoms with Crippen LogP contribution in [0.4, 0.5) is 0 Å². The first-order chi connectivity index (χ1) is 12.2. The van der Waals surface area contributed by atoms with Gasteiger partial charge in [0.25, 0.3) is 0 Å². The Kier molecular flexibility index (Phi) is 5.00. The maximum Gasteiger partial charge on any atom is 0.232 e. The Morgan fingerprint density at radius 3 is 2.68 bits per heavy atom. The average molecular weight is 448 g/mol. The number of halogens is 1. The SMILES string of the molecule is O=C(NC1C=CCC(C2=CCCCC2)N1I)C1(c2ccccc2)CC1. The molecule has 1 heterocycles. The summed E-state index contributed by atoms with van der Waals surface area (Å²) in [6, 6.07) is 10.7. The Labute approximate surface area is 164 Å². The fourth-order valence-electron chi connectivity index (χ4n) is 4.10. The fraction of sp³-hybridized carbons (Fsp3) is 0.476. The van der Waals surface area contributed by atoms with E-state index in [1.54, 1.807) is 5.57 Å². The molecule has 25 heavy (non-hydrogen) atoms. The first kappa shape index (κ1) is 17.3. The molecule has 1 aliphatic heterocycles. The van der Waals surface area contributed by atoms with E-state index in [0.717, 1.165) is 24.8 Å². The van der Waals surface area contributed by atoms with Crippen LogP contribution in [0, 0.1) is 0 Å². The molecule has 0 bridgehead atoms. The predicted molar refractivity (Wildman–Crippen MR) is 109 cm³/mol. The van der Waals surface area contributed by atoms with Crippen molar-refractivity contribution in [3.63, 3.8) is 0 Å². The van der Waals surface area contributed by atoms with E-state index in [1.807, 2.05) is 18.2 Å². The molecule has 4 heteroatoms. The predicted octanol–water partition coefficient (Wildman–Crippen LogP) is 4.64. The minimum atomic E-state index is -0.302. The van der Waals surface area contributed by atoms with Gasteiger partial charge < -0.3 is 5.32 Å². The van der Waals surface area contributed by atoms with Crippen LogP contribution in [-0.4, -0.2) is 21.2 Å². The number of benzene rings is 1. The summed E-state index contributed by atoms with van der Waals surface area (Å²) in [7, 11) is 0. The van der Waals surface area contributed by atoms with E-state index in [-0.39, 0.29) is 17.5 Å². The second-order valence-corrected chi connectivity index (χ2v) is 8.53. The highest BCUT2D eigenvalue weighted by Gasteiger charge is 2.51. The number of nitrogens with zero attached hydrogens (tertiary/aromatic N) is 1. The number of hydrogen-bond acceptors (Lipinski definition) is 2. The monoisotopic (exact) mass is 448 g/mol. The van der Waals surface area contributed by atoms with Crippen molar-refractivity contribution in [3.8, 4) is 0 Å². The van der Waals surface area contributed by atoms with E-state index in [1.165, 1.54) is 25.7 Å². The van der Waals surface area contributed by atoms with Gasteiger partial charge in [0.05, 0.1) is 5.41 Å². The molecule has 4 rings (SSSR count). The zero-order valence-corrected chi connectivity index (χ0v) is 16.6. The minimum Gasteiger partial charge on any atom is -0.336 e. The molecular formula is C21H25IN2O. The molecule has 2 atom stereocenters.